The minimum Gasteiger partial charge on any atom is -0.330 e. The second-order valence-electron chi connectivity index (χ2n) is 7.69. The number of piperidine rings is 1. The topological polar surface area (TPSA) is 136 Å². The molecule has 32 heavy (non-hydrogen) atoms. The Morgan fingerprint density at radius 1 is 1.19 bits per heavy atom. The van der Waals surface area contributed by atoms with Crippen molar-refractivity contribution >= 4 is 34.3 Å². The first-order chi connectivity index (χ1) is 15.4. The van der Waals surface area contributed by atoms with Crippen molar-refractivity contribution in [2.45, 2.75) is 32.2 Å². The normalized spacial score (nSPS) is 16.1. The lowest BCUT2D eigenvalue weighted by molar-refractivity contribution is -0.135. The van der Waals surface area contributed by atoms with Crippen molar-refractivity contribution in [1.29, 1.82) is 0 Å². The van der Waals surface area contributed by atoms with Gasteiger partial charge in [0, 0.05) is 12.0 Å². The van der Waals surface area contributed by atoms with Gasteiger partial charge in [0.25, 0.3) is 11.5 Å². The molecule has 9 nitrogen and oxygen atoms in total. The van der Waals surface area contributed by atoms with Gasteiger partial charge in [-0.25, -0.2) is 4.98 Å². The van der Waals surface area contributed by atoms with Crippen LogP contribution < -0.4 is 21.9 Å². The Labute approximate surface area is 183 Å². The van der Waals surface area contributed by atoms with E-state index >= 15 is 0 Å². The number of fused-ring (bicyclic) bond motifs is 1. The number of carbonyl (C=O) groups excluding carboxylic acids is 3. The summed E-state index contributed by atoms with van der Waals surface area (Å²) in [7, 11) is 0. The lowest BCUT2D eigenvalue weighted by Crippen LogP contribution is -2.45. The number of carbonyl (C=O) groups is 3. The highest BCUT2D eigenvalue weighted by Gasteiger charge is 2.30. The zero-order valence-corrected chi connectivity index (χ0v) is 17.6. The molecule has 0 bridgehead atoms. The molecule has 2 aromatic carbocycles. The second kappa shape index (κ2) is 8.72. The van der Waals surface area contributed by atoms with E-state index in [0.717, 1.165) is 12.0 Å². The third-order valence-electron chi connectivity index (χ3n) is 5.53. The number of aryl methyl sites for hydroxylation is 1. The van der Waals surface area contributed by atoms with Gasteiger partial charge in [0.05, 0.1) is 11.1 Å². The van der Waals surface area contributed by atoms with Gasteiger partial charge in [-0.1, -0.05) is 18.2 Å². The SMILES string of the molecule is Cc1nc2c(NC(=O)c3ccc(CCN)cc3)cccc2c(=O)n1C1CCC(=O)NC1=O. The number of anilines is 1. The number of imide groups is 1. The molecule has 3 aromatic rings. The van der Waals surface area contributed by atoms with Gasteiger partial charge in [-0.15, -0.1) is 0 Å². The Bertz CT molecular complexity index is 1280. The standard InChI is InChI=1S/C23H23N5O4/c1-13-25-20-16(23(32)28(13)18-9-10-19(29)27-22(18)31)3-2-4-17(20)26-21(30)15-7-5-14(6-8-15)11-12-24/h2-8,18H,9-12,24H2,1H3,(H,26,30)(H,27,29,31). The maximum absolute atomic E-state index is 13.2. The average molecular weight is 433 g/mol. The predicted octanol–water partition coefficient (Wildman–Crippen LogP) is 1.44. The molecule has 4 rings (SSSR count). The Kier molecular flexibility index (Phi) is 5.83. The van der Waals surface area contributed by atoms with E-state index in [1.807, 2.05) is 12.1 Å². The fourth-order valence-electron chi connectivity index (χ4n) is 3.91. The average Bonchev–Trinajstić information content (AvgIpc) is 2.76. The number of rotatable bonds is 5. The van der Waals surface area contributed by atoms with Crippen LogP contribution in [0, 0.1) is 6.92 Å². The quantitative estimate of drug-likeness (QED) is 0.521. The van der Waals surface area contributed by atoms with Gasteiger partial charge in [0.2, 0.25) is 11.8 Å². The van der Waals surface area contributed by atoms with E-state index < -0.39 is 17.5 Å². The van der Waals surface area contributed by atoms with E-state index in [4.69, 9.17) is 5.73 Å². The highest BCUT2D eigenvalue weighted by atomic mass is 16.2. The minimum absolute atomic E-state index is 0.153. The van der Waals surface area contributed by atoms with Crippen molar-refractivity contribution in [3.63, 3.8) is 0 Å². The first kappa shape index (κ1) is 21.4. The Hall–Kier alpha value is -3.85. The van der Waals surface area contributed by atoms with Crippen LogP contribution in [0.2, 0.25) is 0 Å². The van der Waals surface area contributed by atoms with Crippen molar-refractivity contribution in [1.82, 2.24) is 14.9 Å². The van der Waals surface area contributed by atoms with Crippen LogP contribution in [0.25, 0.3) is 10.9 Å². The molecule has 4 N–H and O–H groups in total. The maximum atomic E-state index is 13.2. The number of hydrogen-bond acceptors (Lipinski definition) is 6. The summed E-state index contributed by atoms with van der Waals surface area (Å²) >= 11 is 0. The highest BCUT2D eigenvalue weighted by molar-refractivity contribution is 6.08. The summed E-state index contributed by atoms with van der Waals surface area (Å²) in [6, 6.07) is 11.3. The van der Waals surface area contributed by atoms with Gasteiger partial charge in [-0.3, -0.25) is 29.1 Å². The van der Waals surface area contributed by atoms with Gasteiger partial charge >= 0.3 is 0 Å². The first-order valence-corrected chi connectivity index (χ1v) is 10.3. The molecule has 9 heteroatoms. The molecule has 1 aliphatic rings. The smallest absolute Gasteiger partial charge is 0.262 e. The summed E-state index contributed by atoms with van der Waals surface area (Å²) < 4.78 is 1.31. The van der Waals surface area contributed by atoms with E-state index in [0.29, 0.717) is 29.1 Å². The lowest BCUT2D eigenvalue weighted by Gasteiger charge is -2.24. The van der Waals surface area contributed by atoms with Crippen LogP contribution in [-0.2, 0) is 16.0 Å². The minimum atomic E-state index is -0.803. The molecule has 1 fully saturated rings. The summed E-state index contributed by atoms with van der Waals surface area (Å²) in [6.07, 6.45) is 1.11. The third-order valence-corrected chi connectivity index (χ3v) is 5.53. The lowest BCUT2D eigenvalue weighted by atomic mass is 10.1. The first-order valence-electron chi connectivity index (χ1n) is 10.3. The molecule has 0 spiro atoms. The summed E-state index contributed by atoms with van der Waals surface area (Å²) in [5, 5.41) is 5.37. The molecule has 1 unspecified atom stereocenters. The summed E-state index contributed by atoms with van der Waals surface area (Å²) in [5.74, 6) is -0.877. The van der Waals surface area contributed by atoms with E-state index in [2.05, 4.69) is 15.6 Å². The zero-order valence-electron chi connectivity index (χ0n) is 17.6. The van der Waals surface area contributed by atoms with E-state index in [9.17, 15) is 19.2 Å². The Morgan fingerprint density at radius 2 is 1.94 bits per heavy atom. The molecule has 1 aromatic heterocycles. The van der Waals surface area contributed by atoms with Crippen molar-refractivity contribution < 1.29 is 14.4 Å². The molecule has 1 atom stereocenters. The van der Waals surface area contributed by atoms with Crippen molar-refractivity contribution in [2.24, 2.45) is 5.73 Å². The fraction of sp³-hybridized carbons (Fsp3) is 0.261. The summed E-state index contributed by atoms with van der Waals surface area (Å²) in [5.41, 5.74) is 7.41. The monoisotopic (exact) mass is 433 g/mol. The molecule has 1 saturated heterocycles. The largest absolute Gasteiger partial charge is 0.330 e. The Balaban J connectivity index is 1.68. The maximum Gasteiger partial charge on any atom is 0.262 e. The molecule has 0 radical (unpaired) electrons. The molecule has 0 saturated carbocycles. The van der Waals surface area contributed by atoms with Gasteiger partial charge in [-0.05, 0) is 56.1 Å². The number of benzene rings is 2. The molecule has 0 aliphatic carbocycles. The van der Waals surface area contributed by atoms with Crippen LogP contribution in [0.1, 0.15) is 40.6 Å². The van der Waals surface area contributed by atoms with Gasteiger partial charge in [0.1, 0.15) is 17.4 Å². The second-order valence-corrected chi connectivity index (χ2v) is 7.69. The van der Waals surface area contributed by atoms with Gasteiger partial charge in [-0.2, -0.15) is 0 Å². The molecule has 2 heterocycles. The molecule has 3 amide bonds. The van der Waals surface area contributed by atoms with Crippen LogP contribution in [0.15, 0.2) is 47.3 Å². The van der Waals surface area contributed by atoms with Crippen LogP contribution in [0.5, 0.6) is 0 Å². The number of para-hydroxylation sites is 1. The Morgan fingerprint density at radius 3 is 2.62 bits per heavy atom. The third kappa shape index (κ3) is 4.02. The van der Waals surface area contributed by atoms with Crippen LogP contribution >= 0.6 is 0 Å². The fourth-order valence-corrected chi connectivity index (χ4v) is 3.91. The van der Waals surface area contributed by atoms with E-state index in [1.54, 1.807) is 37.3 Å². The molecular formula is C23H23N5O4. The number of nitrogens with zero attached hydrogens (tertiary/aromatic N) is 2. The van der Waals surface area contributed by atoms with Crippen LogP contribution in [0.3, 0.4) is 0 Å². The van der Waals surface area contributed by atoms with Crippen molar-refractivity contribution in [2.75, 3.05) is 11.9 Å². The number of hydrogen-bond donors (Lipinski definition) is 3. The predicted molar refractivity (Wildman–Crippen MR) is 119 cm³/mol. The number of aromatic nitrogens is 2. The number of nitrogens with two attached hydrogens (primary N) is 1. The van der Waals surface area contributed by atoms with Crippen LogP contribution in [0.4, 0.5) is 5.69 Å². The van der Waals surface area contributed by atoms with Crippen molar-refractivity contribution in [3.8, 4) is 0 Å². The molecular weight excluding hydrogens is 410 g/mol. The molecule has 1 aliphatic heterocycles. The molecule has 164 valence electrons. The zero-order chi connectivity index (χ0) is 22.8. The van der Waals surface area contributed by atoms with Crippen LogP contribution in [-0.4, -0.2) is 33.8 Å². The van der Waals surface area contributed by atoms with E-state index in [1.165, 1.54) is 4.57 Å². The van der Waals surface area contributed by atoms with E-state index in [-0.39, 0.29) is 30.0 Å². The van der Waals surface area contributed by atoms with Gasteiger partial charge in [0.15, 0.2) is 0 Å². The number of amides is 3. The van der Waals surface area contributed by atoms with Gasteiger partial charge < -0.3 is 11.1 Å². The summed E-state index contributed by atoms with van der Waals surface area (Å²) in [6.45, 7) is 2.15. The van der Waals surface area contributed by atoms with Crippen molar-refractivity contribution in [3.05, 3.63) is 69.8 Å². The highest BCUT2D eigenvalue weighted by Crippen LogP contribution is 2.24. The number of nitrogens with one attached hydrogen (secondary N) is 2. The summed E-state index contributed by atoms with van der Waals surface area (Å²) in [4.78, 5) is 54.3.